The van der Waals surface area contributed by atoms with Crippen LogP contribution in [0.5, 0.6) is 0 Å². The van der Waals surface area contributed by atoms with E-state index in [1.807, 2.05) is 12.1 Å². The molecule has 0 radical (unpaired) electrons. The van der Waals surface area contributed by atoms with Crippen molar-refractivity contribution < 1.29 is 0 Å². The molecule has 0 aliphatic carbocycles. The minimum Gasteiger partial charge on any atom is -0.309 e. The average Bonchev–Trinajstić information content (AvgIpc) is 2.57. The Balaban J connectivity index is 2.25. The maximum Gasteiger partial charge on any atom is 0.0563 e. The first-order valence-corrected chi connectivity index (χ1v) is 8.24. The van der Waals surface area contributed by atoms with Crippen LogP contribution in [0.4, 0.5) is 0 Å². The Morgan fingerprint density at radius 3 is 1.73 bits per heavy atom. The smallest absolute Gasteiger partial charge is 0.0563 e. The van der Waals surface area contributed by atoms with E-state index in [9.17, 15) is 0 Å². The molecule has 3 aromatic carbocycles. The highest BCUT2D eigenvalue weighted by Crippen LogP contribution is 2.29. The van der Waals surface area contributed by atoms with Gasteiger partial charge in [0.05, 0.1) is 15.5 Å². The van der Waals surface area contributed by atoms with Crippen molar-refractivity contribution in [2.24, 2.45) is 0 Å². The standard InChI is InChI=1S/C19H12BrNS/c20-13-9-11-14(12-10-13)21-17-7-3-1-5-15(17)19(22)16-6-2-4-8-18(16)21/h1-12H. The summed E-state index contributed by atoms with van der Waals surface area (Å²) in [5, 5.41) is 2.22. The molecule has 0 aliphatic rings. The molecule has 1 aromatic heterocycles. The van der Waals surface area contributed by atoms with E-state index in [-0.39, 0.29) is 0 Å². The predicted molar refractivity (Wildman–Crippen MR) is 99.3 cm³/mol. The first-order valence-electron chi connectivity index (χ1n) is 7.04. The zero-order chi connectivity index (χ0) is 15.1. The molecule has 22 heavy (non-hydrogen) atoms. The third kappa shape index (κ3) is 2.09. The van der Waals surface area contributed by atoms with E-state index in [1.165, 1.54) is 0 Å². The molecule has 0 spiro atoms. The van der Waals surface area contributed by atoms with Crippen molar-refractivity contribution in [2.45, 2.75) is 0 Å². The lowest BCUT2D eigenvalue weighted by Gasteiger charge is -2.16. The highest BCUT2D eigenvalue weighted by molar-refractivity contribution is 9.10. The van der Waals surface area contributed by atoms with Gasteiger partial charge in [-0.1, -0.05) is 64.5 Å². The molecule has 0 amide bonds. The summed E-state index contributed by atoms with van der Waals surface area (Å²) >= 11 is 9.21. The molecule has 0 bridgehead atoms. The fourth-order valence-electron chi connectivity index (χ4n) is 2.86. The monoisotopic (exact) mass is 365 g/mol. The molecular weight excluding hydrogens is 354 g/mol. The number of halogens is 1. The fraction of sp³-hybridized carbons (Fsp3) is 0. The summed E-state index contributed by atoms with van der Waals surface area (Å²) in [6.07, 6.45) is 0. The van der Waals surface area contributed by atoms with Crippen LogP contribution in [0.1, 0.15) is 0 Å². The van der Waals surface area contributed by atoms with Gasteiger partial charge < -0.3 is 4.57 Å². The number of aromatic nitrogens is 1. The number of fused-ring (bicyclic) bond motifs is 2. The van der Waals surface area contributed by atoms with Crippen molar-refractivity contribution in [2.75, 3.05) is 0 Å². The molecule has 0 unspecified atom stereocenters. The van der Waals surface area contributed by atoms with Crippen LogP contribution < -0.4 is 0 Å². The van der Waals surface area contributed by atoms with Crippen molar-refractivity contribution in [3.8, 4) is 5.69 Å². The number of para-hydroxylation sites is 2. The second-order valence-electron chi connectivity index (χ2n) is 5.18. The molecule has 4 rings (SSSR count). The lowest BCUT2D eigenvalue weighted by Crippen LogP contribution is -2.00. The van der Waals surface area contributed by atoms with Crippen molar-refractivity contribution in [3.63, 3.8) is 0 Å². The van der Waals surface area contributed by atoms with Gasteiger partial charge in [0, 0.05) is 20.9 Å². The van der Waals surface area contributed by atoms with Crippen LogP contribution in [0, 0.1) is 4.51 Å². The van der Waals surface area contributed by atoms with Gasteiger partial charge in [0.2, 0.25) is 0 Å². The lowest BCUT2D eigenvalue weighted by atomic mass is 10.1. The van der Waals surface area contributed by atoms with Crippen molar-refractivity contribution in [1.82, 2.24) is 4.57 Å². The average molecular weight is 366 g/mol. The number of hydrogen-bond acceptors (Lipinski definition) is 1. The summed E-state index contributed by atoms with van der Waals surface area (Å²) < 4.78 is 4.26. The predicted octanol–water partition coefficient (Wildman–Crippen LogP) is 6.28. The van der Waals surface area contributed by atoms with Crippen LogP contribution in [0.3, 0.4) is 0 Å². The summed E-state index contributed by atoms with van der Waals surface area (Å²) in [7, 11) is 0. The van der Waals surface area contributed by atoms with Crippen LogP contribution in [0.25, 0.3) is 27.5 Å². The summed E-state index contributed by atoms with van der Waals surface area (Å²) in [6.45, 7) is 0. The second kappa shape index (κ2) is 5.34. The molecule has 0 aliphatic heterocycles. The van der Waals surface area contributed by atoms with E-state index in [0.29, 0.717) is 0 Å². The van der Waals surface area contributed by atoms with Crippen LogP contribution in [0.2, 0.25) is 0 Å². The Hall–Kier alpha value is -1.97. The van der Waals surface area contributed by atoms with Crippen LogP contribution >= 0.6 is 28.1 Å². The van der Waals surface area contributed by atoms with Gasteiger partial charge in [-0.3, -0.25) is 0 Å². The number of rotatable bonds is 1. The van der Waals surface area contributed by atoms with Gasteiger partial charge in [0.1, 0.15) is 0 Å². The number of pyridine rings is 1. The highest BCUT2D eigenvalue weighted by Gasteiger charge is 2.09. The third-order valence-electron chi connectivity index (χ3n) is 3.86. The molecule has 0 saturated carbocycles. The summed E-state index contributed by atoms with van der Waals surface area (Å²) in [4.78, 5) is 0. The highest BCUT2D eigenvalue weighted by atomic mass is 79.9. The number of benzene rings is 3. The molecule has 1 nitrogen and oxygen atoms in total. The SMILES string of the molecule is S=c1c2ccccc2n(-c2ccc(Br)cc2)c2ccccc12. The quantitative estimate of drug-likeness (QED) is 0.284. The number of hydrogen-bond donors (Lipinski definition) is 0. The van der Waals surface area contributed by atoms with Crippen molar-refractivity contribution in [1.29, 1.82) is 0 Å². The molecule has 1 heterocycles. The van der Waals surface area contributed by atoms with Crippen LogP contribution in [-0.2, 0) is 0 Å². The first-order chi connectivity index (χ1) is 10.8. The van der Waals surface area contributed by atoms with Gasteiger partial charge in [-0.15, -0.1) is 0 Å². The first kappa shape index (κ1) is 13.7. The molecule has 3 heteroatoms. The maximum absolute atomic E-state index is 5.70. The molecule has 0 fully saturated rings. The summed E-state index contributed by atoms with van der Waals surface area (Å²) in [6, 6.07) is 25.0. The largest absolute Gasteiger partial charge is 0.309 e. The minimum absolute atomic E-state index is 0.916. The normalized spacial score (nSPS) is 11.1. The third-order valence-corrected chi connectivity index (χ3v) is 4.83. The summed E-state index contributed by atoms with van der Waals surface area (Å²) in [5.74, 6) is 0. The van der Waals surface area contributed by atoms with E-state index in [0.717, 1.165) is 36.5 Å². The zero-order valence-corrected chi connectivity index (χ0v) is 14.1. The Bertz CT molecular complexity index is 988. The molecule has 0 atom stereocenters. The van der Waals surface area contributed by atoms with Crippen molar-refractivity contribution in [3.05, 3.63) is 81.8 Å². The minimum atomic E-state index is 0.916. The van der Waals surface area contributed by atoms with E-state index in [4.69, 9.17) is 12.2 Å². The Morgan fingerprint density at radius 2 is 1.18 bits per heavy atom. The second-order valence-corrected chi connectivity index (χ2v) is 6.50. The molecular formula is C19H12BrNS. The molecule has 4 aromatic rings. The zero-order valence-electron chi connectivity index (χ0n) is 11.7. The van der Waals surface area contributed by atoms with Gasteiger partial charge in [-0.2, -0.15) is 0 Å². The summed E-state index contributed by atoms with van der Waals surface area (Å²) in [5.41, 5.74) is 3.40. The van der Waals surface area contributed by atoms with Crippen LogP contribution in [-0.4, -0.2) is 4.57 Å². The molecule has 0 N–H and O–H groups in total. The maximum atomic E-state index is 5.70. The van der Waals surface area contributed by atoms with E-state index in [2.05, 4.69) is 81.2 Å². The topological polar surface area (TPSA) is 4.93 Å². The van der Waals surface area contributed by atoms with Gasteiger partial charge >= 0.3 is 0 Å². The Kier molecular flexibility index (Phi) is 3.32. The lowest BCUT2D eigenvalue weighted by molar-refractivity contribution is 1.16. The number of nitrogens with zero attached hydrogens (tertiary/aromatic N) is 1. The van der Waals surface area contributed by atoms with Gasteiger partial charge in [0.25, 0.3) is 0 Å². The van der Waals surface area contributed by atoms with Crippen molar-refractivity contribution >= 4 is 50.0 Å². The van der Waals surface area contributed by atoms with E-state index in [1.54, 1.807) is 0 Å². The van der Waals surface area contributed by atoms with Gasteiger partial charge in [-0.25, -0.2) is 0 Å². The Labute approximate surface area is 142 Å². The Morgan fingerprint density at radius 1 is 0.682 bits per heavy atom. The van der Waals surface area contributed by atoms with Gasteiger partial charge in [0.15, 0.2) is 0 Å². The molecule has 106 valence electrons. The fourth-order valence-corrected chi connectivity index (χ4v) is 3.47. The van der Waals surface area contributed by atoms with E-state index >= 15 is 0 Å². The van der Waals surface area contributed by atoms with E-state index < -0.39 is 0 Å². The van der Waals surface area contributed by atoms with Gasteiger partial charge in [-0.05, 0) is 36.4 Å². The van der Waals surface area contributed by atoms with Crippen LogP contribution in [0.15, 0.2) is 77.3 Å². The molecule has 0 saturated heterocycles.